The average Bonchev–Trinajstić information content (AvgIpc) is 2.50. The SMILES string of the molecule is O=C(O)[C@H](O)[C@@H](O)[C@H](O)CO.O=C(O)[C@H](O)[C@@H](O)[C@H](O)CO.[Ca]. The standard InChI is InChI=1S/2C5H10O6.Ca/c2*6-1-2(7)3(8)4(9)5(10)11;/h2*2-4,6-9H,1H2,(H,10,11);/t2*2-,3+,4-;/m11./s1. The first-order valence-corrected chi connectivity index (χ1v) is 5.76. The first-order valence-electron chi connectivity index (χ1n) is 5.76. The topological polar surface area (TPSA) is 236 Å². The van der Waals surface area contributed by atoms with Crippen molar-refractivity contribution < 1.29 is 60.7 Å². The molecule has 0 bridgehead atoms. The molecule has 0 aromatic carbocycles. The van der Waals surface area contributed by atoms with Crippen LogP contribution in [0.3, 0.4) is 0 Å². The molecular formula is C10H20CaO12. The zero-order valence-electron chi connectivity index (χ0n) is 11.9. The number of carboxylic acid groups (broad SMARTS) is 2. The molecule has 6 atom stereocenters. The van der Waals surface area contributed by atoms with E-state index in [1.165, 1.54) is 0 Å². The van der Waals surface area contributed by atoms with E-state index in [9.17, 15) is 9.59 Å². The van der Waals surface area contributed by atoms with Crippen molar-refractivity contribution >= 4 is 49.7 Å². The molecule has 0 aliphatic carbocycles. The van der Waals surface area contributed by atoms with Gasteiger partial charge in [-0.3, -0.25) is 0 Å². The third-order valence-corrected chi connectivity index (χ3v) is 2.32. The molecule has 10 N–H and O–H groups in total. The molecule has 0 saturated carbocycles. The Morgan fingerprint density at radius 2 is 0.870 bits per heavy atom. The molecule has 0 heterocycles. The number of hydrogen-bond donors (Lipinski definition) is 10. The fourth-order valence-electron chi connectivity index (χ4n) is 0.929. The van der Waals surface area contributed by atoms with Crippen LogP contribution in [0.4, 0.5) is 0 Å². The van der Waals surface area contributed by atoms with E-state index in [1.807, 2.05) is 0 Å². The van der Waals surface area contributed by atoms with Crippen LogP contribution in [-0.4, -0.2) is 151 Å². The summed E-state index contributed by atoms with van der Waals surface area (Å²) in [5.74, 6) is -3.30. The molecule has 0 saturated heterocycles. The quantitative estimate of drug-likeness (QED) is 0.179. The second-order valence-corrected chi connectivity index (χ2v) is 4.05. The summed E-state index contributed by atoms with van der Waals surface area (Å²) < 4.78 is 0. The van der Waals surface area contributed by atoms with Gasteiger partial charge in [0.25, 0.3) is 0 Å². The van der Waals surface area contributed by atoms with E-state index in [-0.39, 0.29) is 37.7 Å². The minimum atomic E-state index is -2.07. The first kappa shape index (κ1) is 27.7. The van der Waals surface area contributed by atoms with Gasteiger partial charge >= 0.3 is 11.9 Å². The van der Waals surface area contributed by atoms with E-state index in [0.717, 1.165) is 0 Å². The molecule has 0 spiro atoms. The smallest absolute Gasteiger partial charge is 0.335 e. The summed E-state index contributed by atoms with van der Waals surface area (Å²) in [4.78, 5) is 19.9. The van der Waals surface area contributed by atoms with Crippen molar-refractivity contribution in [3.05, 3.63) is 0 Å². The molecule has 0 aromatic rings. The van der Waals surface area contributed by atoms with Gasteiger partial charge in [0, 0.05) is 37.7 Å². The molecule has 0 fully saturated rings. The molecule has 2 radical (unpaired) electrons. The van der Waals surface area contributed by atoms with Crippen molar-refractivity contribution in [1.82, 2.24) is 0 Å². The van der Waals surface area contributed by atoms with Gasteiger partial charge < -0.3 is 51.1 Å². The van der Waals surface area contributed by atoms with Crippen LogP contribution < -0.4 is 0 Å². The zero-order chi connectivity index (χ0) is 18.0. The van der Waals surface area contributed by atoms with Crippen LogP contribution in [-0.2, 0) is 9.59 Å². The summed E-state index contributed by atoms with van der Waals surface area (Å²) in [6.07, 6.45) is -11.1. The second-order valence-electron chi connectivity index (χ2n) is 4.05. The monoisotopic (exact) mass is 372 g/mol. The van der Waals surface area contributed by atoms with E-state index in [4.69, 9.17) is 51.1 Å². The maximum absolute atomic E-state index is 9.96. The zero-order valence-corrected chi connectivity index (χ0v) is 14.1. The molecule has 0 rings (SSSR count). The summed E-state index contributed by atoms with van der Waals surface area (Å²) in [6.45, 7) is -1.60. The average molecular weight is 372 g/mol. The van der Waals surface area contributed by atoms with E-state index in [2.05, 4.69) is 0 Å². The number of aliphatic hydroxyl groups excluding tert-OH is 8. The van der Waals surface area contributed by atoms with Gasteiger partial charge in [0.1, 0.15) is 24.4 Å². The van der Waals surface area contributed by atoms with Crippen LogP contribution in [0.25, 0.3) is 0 Å². The van der Waals surface area contributed by atoms with Gasteiger partial charge in [0.15, 0.2) is 12.2 Å². The van der Waals surface area contributed by atoms with Crippen molar-refractivity contribution in [2.45, 2.75) is 36.6 Å². The Bertz CT molecular complexity index is 308. The van der Waals surface area contributed by atoms with Crippen LogP contribution >= 0.6 is 0 Å². The Balaban J connectivity index is -0.000000333. The van der Waals surface area contributed by atoms with E-state index in [0.29, 0.717) is 0 Å². The predicted molar refractivity (Wildman–Crippen MR) is 71.2 cm³/mol. The Kier molecular flexibility index (Phi) is 17.2. The molecule has 13 heteroatoms. The maximum Gasteiger partial charge on any atom is 0.335 e. The van der Waals surface area contributed by atoms with Gasteiger partial charge in [0.2, 0.25) is 0 Å². The largest absolute Gasteiger partial charge is 0.479 e. The molecule has 0 aromatic heterocycles. The van der Waals surface area contributed by atoms with Gasteiger partial charge in [-0.15, -0.1) is 0 Å². The number of rotatable bonds is 8. The third-order valence-electron chi connectivity index (χ3n) is 2.32. The maximum atomic E-state index is 9.96. The summed E-state index contributed by atoms with van der Waals surface area (Å²) >= 11 is 0. The predicted octanol–water partition coefficient (Wildman–Crippen LogP) is -6.09. The molecule has 0 unspecified atom stereocenters. The number of aliphatic hydroxyl groups is 8. The van der Waals surface area contributed by atoms with Crippen molar-refractivity contribution in [3.63, 3.8) is 0 Å². The Morgan fingerprint density at radius 1 is 0.652 bits per heavy atom. The summed E-state index contributed by atoms with van der Waals surface area (Å²) in [6, 6.07) is 0. The van der Waals surface area contributed by atoms with Gasteiger partial charge in [0.05, 0.1) is 13.2 Å². The molecular weight excluding hydrogens is 352 g/mol. The first-order chi connectivity index (χ1) is 10.0. The summed E-state index contributed by atoms with van der Waals surface area (Å²) in [5, 5.41) is 84.5. The molecule has 12 nitrogen and oxygen atoms in total. The van der Waals surface area contributed by atoms with Gasteiger partial charge in [-0.2, -0.15) is 0 Å². The van der Waals surface area contributed by atoms with Gasteiger partial charge in [-0.1, -0.05) is 0 Å². The Labute approximate surface area is 159 Å². The van der Waals surface area contributed by atoms with E-state index in [1.54, 1.807) is 0 Å². The molecule has 0 aliphatic heterocycles. The summed E-state index contributed by atoms with van der Waals surface area (Å²) in [7, 11) is 0. The fraction of sp³-hybridized carbons (Fsp3) is 0.800. The minimum Gasteiger partial charge on any atom is -0.479 e. The van der Waals surface area contributed by atoms with Crippen molar-refractivity contribution in [1.29, 1.82) is 0 Å². The Morgan fingerprint density at radius 3 is 1.00 bits per heavy atom. The van der Waals surface area contributed by atoms with Crippen molar-refractivity contribution in [2.24, 2.45) is 0 Å². The van der Waals surface area contributed by atoms with Crippen molar-refractivity contribution in [3.8, 4) is 0 Å². The Hall–Kier alpha value is -0.120. The van der Waals surface area contributed by atoms with Crippen molar-refractivity contribution in [2.75, 3.05) is 13.2 Å². The van der Waals surface area contributed by atoms with Crippen LogP contribution in [0.2, 0.25) is 0 Å². The fourth-order valence-corrected chi connectivity index (χ4v) is 0.929. The van der Waals surface area contributed by atoms with Crippen LogP contribution in [0, 0.1) is 0 Å². The number of carbonyl (C=O) groups is 2. The van der Waals surface area contributed by atoms with Crippen LogP contribution in [0.1, 0.15) is 0 Å². The molecule has 23 heavy (non-hydrogen) atoms. The minimum absolute atomic E-state index is 0. The molecule has 0 amide bonds. The van der Waals surface area contributed by atoms with Gasteiger partial charge in [-0.05, 0) is 0 Å². The number of hydrogen-bond acceptors (Lipinski definition) is 10. The third kappa shape index (κ3) is 11.1. The molecule has 0 aliphatic rings. The van der Waals surface area contributed by atoms with Crippen LogP contribution in [0.15, 0.2) is 0 Å². The van der Waals surface area contributed by atoms with Crippen LogP contribution in [0.5, 0.6) is 0 Å². The van der Waals surface area contributed by atoms with Gasteiger partial charge in [-0.25, -0.2) is 9.59 Å². The number of aliphatic carboxylic acids is 2. The van der Waals surface area contributed by atoms with E-state index < -0.39 is 61.8 Å². The molecule has 134 valence electrons. The number of carboxylic acids is 2. The second kappa shape index (κ2) is 14.2. The normalized spacial score (nSPS) is 18.1. The summed E-state index contributed by atoms with van der Waals surface area (Å²) in [5.41, 5.74) is 0. The van der Waals surface area contributed by atoms with E-state index >= 15 is 0 Å².